The van der Waals surface area contributed by atoms with Crippen LogP contribution in [0.3, 0.4) is 0 Å². The molecule has 0 N–H and O–H groups in total. The van der Waals surface area contributed by atoms with Gasteiger partial charge in [0.05, 0.1) is 18.2 Å². The second kappa shape index (κ2) is 11.3. The van der Waals surface area contributed by atoms with E-state index in [0.29, 0.717) is 22.3 Å². The molecule has 1 aliphatic rings. The molecule has 34 heavy (non-hydrogen) atoms. The summed E-state index contributed by atoms with van der Waals surface area (Å²) in [4.78, 5) is 24.5. The van der Waals surface area contributed by atoms with Crippen LogP contribution in [-0.4, -0.2) is 47.5 Å². The molecule has 8 heteroatoms. The molecule has 1 aliphatic heterocycles. The Morgan fingerprint density at radius 1 is 1.12 bits per heavy atom. The van der Waals surface area contributed by atoms with Crippen molar-refractivity contribution in [1.29, 1.82) is 0 Å². The van der Waals surface area contributed by atoms with E-state index in [-0.39, 0.29) is 12.1 Å². The number of aliphatic imine (C=N–C) groups is 2. The van der Waals surface area contributed by atoms with Crippen LogP contribution < -0.4 is 9.64 Å². The SMILES string of the molecule is CSC1=NC(Cc2ccc(Cl)cc2)C(N(C(=O)OC(C)(C)C)c2ccc(OC(C)C)cc2)C=N1. The minimum atomic E-state index is -0.652. The number of carbonyl (C=O) groups is 1. The number of ether oxygens (including phenoxy) is 2. The molecule has 3 rings (SSSR count). The van der Waals surface area contributed by atoms with Crippen LogP contribution in [0.25, 0.3) is 0 Å². The predicted octanol–water partition coefficient (Wildman–Crippen LogP) is 6.65. The van der Waals surface area contributed by atoms with E-state index in [1.165, 1.54) is 11.8 Å². The summed E-state index contributed by atoms with van der Waals surface area (Å²) in [6.07, 6.45) is 3.95. The Kier molecular flexibility index (Phi) is 8.66. The Labute approximate surface area is 211 Å². The van der Waals surface area contributed by atoms with Gasteiger partial charge in [0.2, 0.25) is 0 Å². The predicted molar refractivity (Wildman–Crippen MR) is 143 cm³/mol. The average molecular weight is 502 g/mol. The molecule has 0 spiro atoms. The maximum Gasteiger partial charge on any atom is 0.415 e. The zero-order valence-corrected chi connectivity index (χ0v) is 22.1. The maximum absolute atomic E-state index is 13.5. The Morgan fingerprint density at radius 3 is 2.32 bits per heavy atom. The fourth-order valence-electron chi connectivity index (χ4n) is 3.53. The Bertz CT molecular complexity index is 1030. The smallest absolute Gasteiger partial charge is 0.415 e. The highest BCUT2D eigenvalue weighted by molar-refractivity contribution is 8.13. The molecule has 0 radical (unpaired) electrons. The lowest BCUT2D eigenvalue weighted by molar-refractivity contribution is 0.0571. The molecule has 2 atom stereocenters. The third kappa shape index (κ3) is 7.24. The van der Waals surface area contributed by atoms with Crippen LogP contribution in [0.4, 0.5) is 10.5 Å². The van der Waals surface area contributed by atoms with E-state index in [9.17, 15) is 4.79 Å². The van der Waals surface area contributed by atoms with Crippen molar-refractivity contribution in [2.24, 2.45) is 9.98 Å². The standard InChI is InChI=1S/C26H32ClN3O3S/c1-17(2)32-21-13-11-20(12-14-21)30(25(31)33-26(3,4)5)23-16-28-24(34-6)29-22(23)15-18-7-9-19(27)10-8-18/h7-14,16-17,22-23H,15H2,1-6H3. The van der Waals surface area contributed by atoms with Crippen molar-refractivity contribution < 1.29 is 14.3 Å². The molecule has 0 fully saturated rings. The highest BCUT2D eigenvalue weighted by atomic mass is 35.5. The summed E-state index contributed by atoms with van der Waals surface area (Å²) in [5.74, 6) is 0.737. The topological polar surface area (TPSA) is 63.5 Å². The number of carbonyl (C=O) groups excluding carboxylic acids is 1. The van der Waals surface area contributed by atoms with Gasteiger partial charge in [-0.15, -0.1) is 0 Å². The van der Waals surface area contributed by atoms with Gasteiger partial charge in [-0.1, -0.05) is 35.5 Å². The van der Waals surface area contributed by atoms with Gasteiger partial charge in [-0.3, -0.25) is 9.89 Å². The second-order valence-corrected chi connectivity index (χ2v) is 10.5. The number of hydrogen-bond acceptors (Lipinski definition) is 6. The van der Waals surface area contributed by atoms with Crippen LogP contribution in [0.5, 0.6) is 5.75 Å². The van der Waals surface area contributed by atoms with E-state index < -0.39 is 17.7 Å². The third-order valence-corrected chi connectivity index (χ3v) is 5.75. The van der Waals surface area contributed by atoms with Crippen LogP contribution in [0.2, 0.25) is 5.02 Å². The summed E-state index contributed by atoms with van der Waals surface area (Å²) in [6, 6.07) is 14.4. The van der Waals surface area contributed by atoms with Gasteiger partial charge in [0.1, 0.15) is 11.4 Å². The number of nitrogens with zero attached hydrogens (tertiary/aromatic N) is 3. The fourth-order valence-corrected chi connectivity index (χ4v) is 4.06. The Hall–Kier alpha value is -2.51. The third-order valence-electron chi connectivity index (χ3n) is 4.92. The molecule has 2 aromatic rings. The first-order valence-electron chi connectivity index (χ1n) is 11.2. The molecule has 2 unspecified atom stereocenters. The molecule has 0 aliphatic carbocycles. The lowest BCUT2D eigenvalue weighted by Gasteiger charge is -2.36. The van der Waals surface area contributed by atoms with Crippen LogP contribution in [0.1, 0.15) is 40.2 Å². The molecule has 0 saturated carbocycles. The monoisotopic (exact) mass is 501 g/mol. The average Bonchev–Trinajstić information content (AvgIpc) is 2.76. The second-order valence-electron chi connectivity index (χ2n) is 9.29. The molecule has 0 bridgehead atoms. The van der Waals surface area contributed by atoms with Crippen molar-refractivity contribution in [3.63, 3.8) is 0 Å². The van der Waals surface area contributed by atoms with Crippen molar-refractivity contribution in [2.45, 2.75) is 64.8 Å². The van der Waals surface area contributed by atoms with Gasteiger partial charge in [0.25, 0.3) is 0 Å². The number of benzene rings is 2. The number of thioether (sulfide) groups is 1. The van der Waals surface area contributed by atoms with Gasteiger partial charge in [0, 0.05) is 16.9 Å². The normalized spacial score (nSPS) is 17.9. The van der Waals surface area contributed by atoms with Gasteiger partial charge >= 0.3 is 6.09 Å². The van der Waals surface area contributed by atoms with Gasteiger partial charge in [-0.2, -0.15) is 0 Å². The van der Waals surface area contributed by atoms with E-state index in [4.69, 9.17) is 26.1 Å². The summed E-state index contributed by atoms with van der Waals surface area (Å²) >= 11 is 7.55. The van der Waals surface area contributed by atoms with E-state index in [1.54, 1.807) is 11.1 Å². The summed E-state index contributed by atoms with van der Waals surface area (Å²) in [5, 5.41) is 1.36. The zero-order chi connectivity index (χ0) is 24.9. The minimum absolute atomic E-state index is 0.0568. The lowest BCUT2D eigenvalue weighted by Crippen LogP contribution is -2.51. The Morgan fingerprint density at radius 2 is 1.76 bits per heavy atom. The first-order chi connectivity index (χ1) is 16.1. The largest absolute Gasteiger partial charge is 0.491 e. The highest BCUT2D eigenvalue weighted by Crippen LogP contribution is 2.28. The number of rotatable bonds is 6. The van der Waals surface area contributed by atoms with Gasteiger partial charge < -0.3 is 9.47 Å². The number of amides is 1. The van der Waals surface area contributed by atoms with Gasteiger partial charge in [-0.05, 0) is 89.3 Å². The van der Waals surface area contributed by atoms with E-state index >= 15 is 0 Å². The van der Waals surface area contributed by atoms with Crippen molar-refractivity contribution in [3.05, 3.63) is 59.1 Å². The number of amidine groups is 1. The molecular formula is C26H32ClN3O3S. The molecule has 1 heterocycles. The summed E-state index contributed by atoms with van der Waals surface area (Å²) in [6.45, 7) is 9.51. The van der Waals surface area contributed by atoms with Crippen molar-refractivity contribution in [2.75, 3.05) is 11.2 Å². The van der Waals surface area contributed by atoms with E-state index in [1.807, 2.05) is 89.4 Å². The molecule has 0 saturated heterocycles. The summed E-state index contributed by atoms with van der Waals surface area (Å²) in [7, 11) is 0. The fraction of sp³-hybridized carbons (Fsp3) is 0.423. The first-order valence-corrected chi connectivity index (χ1v) is 12.9. The molecule has 2 aromatic carbocycles. The van der Waals surface area contributed by atoms with E-state index in [2.05, 4.69) is 4.99 Å². The number of halogens is 1. The number of anilines is 1. The molecule has 1 amide bonds. The van der Waals surface area contributed by atoms with E-state index in [0.717, 1.165) is 11.3 Å². The quantitative estimate of drug-likeness (QED) is 0.444. The molecule has 182 valence electrons. The van der Waals surface area contributed by atoms with Crippen LogP contribution >= 0.6 is 23.4 Å². The van der Waals surface area contributed by atoms with Crippen LogP contribution in [0, 0.1) is 0 Å². The zero-order valence-electron chi connectivity index (χ0n) is 20.5. The van der Waals surface area contributed by atoms with Gasteiger partial charge in [0.15, 0.2) is 5.17 Å². The molecular weight excluding hydrogens is 470 g/mol. The van der Waals surface area contributed by atoms with Crippen molar-refractivity contribution in [1.82, 2.24) is 0 Å². The van der Waals surface area contributed by atoms with Crippen LogP contribution in [-0.2, 0) is 11.2 Å². The first kappa shape index (κ1) is 26.1. The Balaban J connectivity index is 1.99. The summed E-state index contributed by atoms with van der Waals surface area (Å²) in [5.41, 5.74) is 1.11. The lowest BCUT2D eigenvalue weighted by atomic mass is 9.98. The highest BCUT2D eigenvalue weighted by Gasteiger charge is 2.36. The minimum Gasteiger partial charge on any atom is -0.491 e. The van der Waals surface area contributed by atoms with Crippen molar-refractivity contribution >= 4 is 46.5 Å². The number of hydrogen-bond donors (Lipinski definition) is 0. The van der Waals surface area contributed by atoms with Gasteiger partial charge in [-0.25, -0.2) is 9.79 Å². The van der Waals surface area contributed by atoms with Crippen LogP contribution in [0.15, 0.2) is 58.5 Å². The summed E-state index contributed by atoms with van der Waals surface area (Å²) < 4.78 is 11.6. The maximum atomic E-state index is 13.5. The molecule has 6 nitrogen and oxygen atoms in total. The molecule has 0 aromatic heterocycles. The van der Waals surface area contributed by atoms with Crippen molar-refractivity contribution in [3.8, 4) is 5.75 Å².